The molecule has 0 aliphatic heterocycles. The van der Waals surface area contributed by atoms with Gasteiger partial charge in [-0.2, -0.15) is 0 Å². The van der Waals surface area contributed by atoms with Crippen molar-refractivity contribution in [1.29, 1.82) is 0 Å². The summed E-state index contributed by atoms with van der Waals surface area (Å²) in [6.45, 7) is 4.62. The van der Waals surface area contributed by atoms with Gasteiger partial charge in [0, 0.05) is 9.50 Å². The van der Waals surface area contributed by atoms with Gasteiger partial charge in [-0.1, -0.05) is 65.6 Å². The van der Waals surface area contributed by atoms with Crippen molar-refractivity contribution in [2.45, 2.75) is 44.9 Å². The third kappa shape index (κ3) is 5.62. The largest absolute Gasteiger partial charge is 0.457 e. The quantitative estimate of drug-likeness (QED) is 0.329. The molecule has 1 atom stereocenters. The first kappa shape index (κ1) is 21.0. The zero-order valence-corrected chi connectivity index (χ0v) is 18.8. The number of benzene rings is 3. The lowest BCUT2D eigenvalue weighted by atomic mass is 9.76. The first-order valence-corrected chi connectivity index (χ1v) is 10.9. The van der Waals surface area contributed by atoms with Gasteiger partial charge in [0.2, 0.25) is 0 Å². The molecule has 0 amide bonds. The molecule has 0 fully saturated rings. The molecule has 1 nitrogen and oxygen atoms in total. The number of halogens is 2. The first-order chi connectivity index (χ1) is 13.5. The summed E-state index contributed by atoms with van der Waals surface area (Å²) in [7, 11) is 0. The second-order valence-electron chi connectivity index (χ2n) is 7.48. The van der Waals surface area contributed by atoms with Crippen molar-refractivity contribution in [3.63, 3.8) is 0 Å². The SMILES string of the molecule is CCC(C)(CCCc1cccc(Oc2ccc(Br)cc2)c1)c1ccc(Cl)cc1. The fourth-order valence-corrected chi connectivity index (χ4v) is 3.85. The minimum absolute atomic E-state index is 0.177. The van der Waals surface area contributed by atoms with Crippen LogP contribution in [0.5, 0.6) is 11.5 Å². The Bertz CT molecular complexity index is 889. The highest BCUT2D eigenvalue weighted by molar-refractivity contribution is 9.10. The Kier molecular flexibility index (Phi) is 7.20. The minimum Gasteiger partial charge on any atom is -0.457 e. The molecule has 0 spiro atoms. The molecule has 3 rings (SSSR count). The lowest BCUT2D eigenvalue weighted by Crippen LogP contribution is -2.21. The summed E-state index contributed by atoms with van der Waals surface area (Å²) in [5, 5.41) is 0.796. The van der Waals surface area contributed by atoms with Gasteiger partial charge in [-0.3, -0.25) is 0 Å². The van der Waals surface area contributed by atoms with Crippen molar-refractivity contribution in [2.24, 2.45) is 0 Å². The van der Waals surface area contributed by atoms with Gasteiger partial charge < -0.3 is 4.74 Å². The number of hydrogen-bond acceptors (Lipinski definition) is 1. The Labute approximate surface area is 181 Å². The third-order valence-electron chi connectivity index (χ3n) is 5.46. The van der Waals surface area contributed by atoms with Crippen molar-refractivity contribution in [1.82, 2.24) is 0 Å². The van der Waals surface area contributed by atoms with Crippen LogP contribution in [0.3, 0.4) is 0 Å². The standard InChI is InChI=1S/C25H26BrClO/c1-3-25(2,20-9-13-22(27)14-10-20)17-5-7-19-6-4-8-24(18-19)28-23-15-11-21(26)12-16-23/h4,6,8-16,18H,3,5,7,17H2,1-2H3. The monoisotopic (exact) mass is 456 g/mol. The zero-order chi connectivity index (χ0) is 20.0. The maximum Gasteiger partial charge on any atom is 0.127 e. The lowest BCUT2D eigenvalue weighted by molar-refractivity contribution is 0.405. The Hall–Kier alpha value is -1.77. The van der Waals surface area contributed by atoms with E-state index in [4.69, 9.17) is 16.3 Å². The van der Waals surface area contributed by atoms with Crippen LogP contribution in [-0.2, 0) is 11.8 Å². The predicted octanol–water partition coefficient (Wildman–Crippen LogP) is 8.59. The Morgan fingerprint density at radius 2 is 1.64 bits per heavy atom. The molecule has 0 aliphatic rings. The molecule has 0 aliphatic carbocycles. The van der Waals surface area contributed by atoms with E-state index in [1.807, 2.05) is 42.5 Å². The molecule has 28 heavy (non-hydrogen) atoms. The van der Waals surface area contributed by atoms with Crippen LogP contribution >= 0.6 is 27.5 Å². The average Bonchev–Trinajstić information content (AvgIpc) is 2.70. The van der Waals surface area contributed by atoms with Gasteiger partial charge in [0.15, 0.2) is 0 Å². The second kappa shape index (κ2) is 9.62. The summed E-state index contributed by atoms with van der Waals surface area (Å²) in [4.78, 5) is 0. The molecule has 0 radical (unpaired) electrons. The second-order valence-corrected chi connectivity index (χ2v) is 8.83. The molecule has 3 aromatic carbocycles. The van der Waals surface area contributed by atoms with Crippen LogP contribution in [-0.4, -0.2) is 0 Å². The highest BCUT2D eigenvalue weighted by atomic mass is 79.9. The molecule has 3 heteroatoms. The van der Waals surface area contributed by atoms with E-state index < -0.39 is 0 Å². The maximum absolute atomic E-state index is 6.06. The number of rotatable bonds is 8. The number of hydrogen-bond donors (Lipinski definition) is 0. The van der Waals surface area contributed by atoms with E-state index in [-0.39, 0.29) is 5.41 Å². The molecule has 3 aromatic rings. The summed E-state index contributed by atoms with van der Waals surface area (Å²) in [5.74, 6) is 1.73. The van der Waals surface area contributed by atoms with E-state index in [9.17, 15) is 0 Å². The van der Waals surface area contributed by atoms with Gasteiger partial charge in [-0.15, -0.1) is 0 Å². The highest BCUT2D eigenvalue weighted by Crippen LogP contribution is 2.34. The highest BCUT2D eigenvalue weighted by Gasteiger charge is 2.23. The third-order valence-corrected chi connectivity index (χ3v) is 6.24. The molecule has 0 saturated carbocycles. The van der Waals surface area contributed by atoms with Gasteiger partial charge in [0.1, 0.15) is 11.5 Å². The molecule has 0 saturated heterocycles. The van der Waals surface area contributed by atoms with Crippen molar-refractivity contribution in [3.8, 4) is 11.5 Å². The van der Waals surface area contributed by atoms with E-state index in [2.05, 4.69) is 60.1 Å². The van der Waals surface area contributed by atoms with Crippen LogP contribution in [0.15, 0.2) is 77.3 Å². The smallest absolute Gasteiger partial charge is 0.127 e. The van der Waals surface area contributed by atoms with Crippen molar-refractivity contribution < 1.29 is 4.74 Å². The topological polar surface area (TPSA) is 9.23 Å². The number of aryl methyl sites for hydroxylation is 1. The molecule has 0 aromatic heterocycles. The predicted molar refractivity (Wildman–Crippen MR) is 123 cm³/mol. The summed E-state index contributed by atoms with van der Waals surface area (Å²) in [6.07, 6.45) is 4.43. The Morgan fingerprint density at radius 3 is 2.32 bits per heavy atom. The van der Waals surface area contributed by atoms with Gasteiger partial charge in [-0.25, -0.2) is 0 Å². The summed E-state index contributed by atoms with van der Waals surface area (Å²) in [6, 6.07) is 24.6. The van der Waals surface area contributed by atoms with E-state index in [0.29, 0.717) is 0 Å². The normalized spacial score (nSPS) is 13.1. The molecule has 0 bridgehead atoms. The van der Waals surface area contributed by atoms with E-state index in [0.717, 1.165) is 46.7 Å². The minimum atomic E-state index is 0.177. The molecule has 146 valence electrons. The molecule has 0 N–H and O–H groups in total. The van der Waals surface area contributed by atoms with Crippen LogP contribution in [0.4, 0.5) is 0 Å². The van der Waals surface area contributed by atoms with Gasteiger partial charge in [-0.05, 0) is 90.8 Å². The first-order valence-electron chi connectivity index (χ1n) is 9.77. The number of ether oxygens (including phenoxy) is 1. The molecular formula is C25H26BrClO. The van der Waals surface area contributed by atoms with Crippen LogP contribution in [0.2, 0.25) is 5.02 Å². The summed E-state index contributed by atoms with van der Waals surface area (Å²) < 4.78 is 7.04. The van der Waals surface area contributed by atoms with Crippen molar-refractivity contribution in [3.05, 3.63) is 93.4 Å². The molecule has 0 heterocycles. The summed E-state index contributed by atoms with van der Waals surface area (Å²) in [5.41, 5.74) is 2.85. The van der Waals surface area contributed by atoms with Gasteiger partial charge >= 0.3 is 0 Å². The molecular weight excluding hydrogens is 432 g/mol. The Balaban J connectivity index is 1.61. The van der Waals surface area contributed by atoms with E-state index >= 15 is 0 Å². The van der Waals surface area contributed by atoms with Crippen LogP contribution in [0, 0.1) is 0 Å². The average molecular weight is 458 g/mol. The van der Waals surface area contributed by atoms with E-state index in [1.54, 1.807) is 0 Å². The fourth-order valence-electron chi connectivity index (χ4n) is 3.46. The van der Waals surface area contributed by atoms with Crippen LogP contribution < -0.4 is 4.74 Å². The van der Waals surface area contributed by atoms with Gasteiger partial charge in [0.05, 0.1) is 0 Å². The summed E-state index contributed by atoms with van der Waals surface area (Å²) >= 11 is 9.51. The van der Waals surface area contributed by atoms with Crippen LogP contribution in [0.1, 0.15) is 44.2 Å². The van der Waals surface area contributed by atoms with Crippen LogP contribution in [0.25, 0.3) is 0 Å². The fraction of sp³-hybridized carbons (Fsp3) is 0.280. The van der Waals surface area contributed by atoms with Gasteiger partial charge in [0.25, 0.3) is 0 Å². The maximum atomic E-state index is 6.06. The Morgan fingerprint density at radius 1 is 0.929 bits per heavy atom. The van der Waals surface area contributed by atoms with E-state index in [1.165, 1.54) is 11.1 Å². The lowest BCUT2D eigenvalue weighted by Gasteiger charge is -2.29. The molecule has 1 unspecified atom stereocenters. The van der Waals surface area contributed by atoms with Crippen molar-refractivity contribution >= 4 is 27.5 Å². The van der Waals surface area contributed by atoms with Crippen molar-refractivity contribution in [2.75, 3.05) is 0 Å². The zero-order valence-electron chi connectivity index (χ0n) is 16.4.